The molecule has 75 heavy (non-hydrogen) atoms. The van der Waals surface area contributed by atoms with Crippen LogP contribution in [0.15, 0.2) is 143 Å². The van der Waals surface area contributed by atoms with Crippen LogP contribution < -0.4 is 0 Å². The summed E-state index contributed by atoms with van der Waals surface area (Å²) >= 11 is 0. The number of H-pyrrole nitrogens is 3. The van der Waals surface area contributed by atoms with E-state index in [9.17, 15) is 14.4 Å². The molecule has 0 saturated heterocycles. The van der Waals surface area contributed by atoms with E-state index in [-0.39, 0.29) is 32.5 Å². The van der Waals surface area contributed by atoms with Crippen LogP contribution in [-0.4, -0.2) is 47.9 Å². The van der Waals surface area contributed by atoms with Crippen molar-refractivity contribution in [3.05, 3.63) is 193 Å². The van der Waals surface area contributed by atoms with Crippen molar-refractivity contribution in [2.75, 3.05) is 0 Å². The Bertz CT molecular complexity index is 2870. The standard InChI is InChI=1S/3C22H26N2O/c3*1-4-10-22(16-8-6-5-7-9-16)17-14-23-24-18(17)11-15-12-21(2,3)13-19(25)20(15)22/h3*5-9,14H,4,10-13H2,1-3H3,(H,23,24)/t2*22-;/m10./s1. The van der Waals surface area contributed by atoms with Crippen molar-refractivity contribution < 1.29 is 14.4 Å². The highest BCUT2D eigenvalue weighted by atomic mass is 16.1. The van der Waals surface area contributed by atoms with E-state index in [0.29, 0.717) is 36.6 Å². The number of Topliss-reactive ketones (excluding diaryl/α,β-unsaturated/α-hetero) is 3. The molecular weight excluding hydrogens is 925 g/mol. The van der Waals surface area contributed by atoms with Gasteiger partial charge in [-0.05, 0) is 71.5 Å². The number of hydrogen-bond acceptors (Lipinski definition) is 6. The molecule has 0 spiro atoms. The highest BCUT2D eigenvalue weighted by Crippen LogP contribution is 2.57. The van der Waals surface area contributed by atoms with Crippen molar-refractivity contribution in [3.63, 3.8) is 0 Å². The average molecular weight is 1000 g/mol. The van der Waals surface area contributed by atoms with Gasteiger partial charge in [-0.15, -0.1) is 0 Å². The Morgan fingerprint density at radius 3 is 0.880 bits per heavy atom. The van der Waals surface area contributed by atoms with Crippen LogP contribution in [-0.2, 0) is 49.9 Å². The number of benzene rings is 3. The third-order valence-corrected chi connectivity index (χ3v) is 17.6. The maximum atomic E-state index is 13.4. The Morgan fingerprint density at radius 1 is 0.387 bits per heavy atom. The van der Waals surface area contributed by atoms with Gasteiger partial charge < -0.3 is 0 Å². The number of carbonyl (C=O) groups is 3. The fourth-order valence-corrected chi connectivity index (χ4v) is 15.3. The Kier molecular flexibility index (Phi) is 13.8. The molecule has 9 nitrogen and oxygen atoms in total. The topological polar surface area (TPSA) is 137 Å². The zero-order valence-electron chi connectivity index (χ0n) is 46.1. The fraction of sp³-hybridized carbons (Fsp3) is 0.455. The monoisotopic (exact) mass is 1000 g/mol. The molecule has 0 amide bonds. The Balaban J connectivity index is 0.000000128. The van der Waals surface area contributed by atoms with Gasteiger partial charge in [-0.25, -0.2) is 0 Å². The average Bonchev–Trinajstić information content (AvgIpc) is 4.17. The number of rotatable bonds is 9. The summed E-state index contributed by atoms with van der Waals surface area (Å²) in [5.41, 5.74) is 17.0. The molecule has 3 heterocycles. The third-order valence-electron chi connectivity index (χ3n) is 17.6. The third kappa shape index (κ3) is 8.99. The van der Waals surface area contributed by atoms with Crippen molar-refractivity contribution >= 4 is 17.3 Å². The van der Waals surface area contributed by atoms with Gasteiger partial charge in [0.25, 0.3) is 0 Å². The molecule has 390 valence electrons. The minimum atomic E-state index is -0.348. The minimum Gasteiger partial charge on any atom is -0.294 e. The van der Waals surface area contributed by atoms with Crippen LogP contribution in [0.4, 0.5) is 0 Å². The van der Waals surface area contributed by atoms with Crippen LogP contribution in [0, 0.1) is 16.2 Å². The van der Waals surface area contributed by atoms with Crippen LogP contribution >= 0.6 is 0 Å². The van der Waals surface area contributed by atoms with E-state index < -0.39 is 0 Å². The van der Waals surface area contributed by atoms with Gasteiger partial charge >= 0.3 is 0 Å². The first kappa shape index (κ1) is 52.0. The van der Waals surface area contributed by atoms with Gasteiger partial charge in [0.2, 0.25) is 0 Å². The van der Waals surface area contributed by atoms with Crippen molar-refractivity contribution in [1.82, 2.24) is 30.6 Å². The summed E-state index contributed by atoms with van der Waals surface area (Å²) < 4.78 is 0. The predicted octanol–water partition coefficient (Wildman–Crippen LogP) is 14.2. The van der Waals surface area contributed by atoms with Gasteiger partial charge in [0.05, 0.1) is 34.8 Å². The molecule has 1 unspecified atom stereocenters. The molecule has 0 bridgehead atoms. The van der Waals surface area contributed by atoms with Crippen LogP contribution in [0.3, 0.4) is 0 Å². The lowest BCUT2D eigenvalue weighted by molar-refractivity contribution is -0.119. The molecule has 0 radical (unpaired) electrons. The number of fused-ring (bicyclic) bond motifs is 3. The summed E-state index contributed by atoms with van der Waals surface area (Å²) in [5.74, 6) is 0.987. The summed E-state index contributed by atoms with van der Waals surface area (Å²) in [6.45, 7) is 19.9. The van der Waals surface area contributed by atoms with Crippen molar-refractivity contribution in [1.29, 1.82) is 0 Å². The molecular formula is C66H78N6O3. The second-order valence-corrected chi connectivity index (χ2v) is 25.1. The summed E-state index contributed by atoms with van der Waals surface area (Å²) in [5, 5.41) is 22.8. The SMILES string of the molecule is CCCC1(c2ccccc2)C2=C(Cc3[nH]ncc31)CC(C)(C)CC2=O.CCC[C@@]1(c2ccccc2)C2=C(Cc3[nH]ncc31)CC(C)(C)CC2=O.CCC[C@]1(c2ccccc2)C2=C(Cc3[nH]ncc31)CC(C)(C)CC2=O. The summed E-state index contributed by atoms with van der Waals surface area (Å²) in [4.78, 5) is 40.1. The number of ketones is 3. The number of nitrogens with one attached hydrogen (secondary N) is 3. The van der Waals surface area contributed by atoms with E-state index in [1.165, 1.54) is 67.2 Å². The van der Waals surface area contributed by atoms with Crippen LogP contribution in [0.5, 0.6) is 0 Å². The Morgan fingerprint density at radius 2 is 0.640 bits per heavy atom. The van der Waals surface area contributed by atoms with Gasteiger partial charge in [0.15, 0.2) is 17.3 Å². The maximum absolute atomic E-state index is 13.4. The van der Waals surface area contributed by atoms with Gasteiger partial charge in [0.1, 0.15) is 0 Å². The molecule has 0 fully saturated rings. The Labute approximate surface area is 445 Å². The molecule has 3 N–H and O–H groups in total. The lowest BCUT2D eigenvalue weighted by Gasteiger charge is -2.45. The second kappa shape index (κ2) is 19.9. The van der Waals surface area contributed by atoms with Crippen molar-refractivity contribution in [2.45, 2.75) is 175 Å². The highest BCUT2D eigenvalue weighted by molar-refractivity contribution is 6.03. The number of aromatic amines is 3. The molecule has 12 rings (SSSR count). The number of carbonyl (C=O) groups excluding carboxylic acids is 3. The van der Waals surface area contributed by atoms with E-state index in [1.54, 1.807) is 0 Å². The largest absolute Gasteiger partial charge is 0.294 e. The molecule has 0 aliphatic heterocycles. The van der Waals surface area contributed by atoms with Gasteiger partial charge in [-0.3, -0.25) is 29.7 Å². The number of nitrogens with zero attached hydrogens (tertiary/aromatic N) is 3. The number of hydrogen-bond donors (Lipinski definition) is 3. The highest BCUT2D eigenvalue weighted by Gasteiger charge is 2.53. The second-order valence-electron chi connectivity index (χ2n) is 25.1. The van der Waals surface area contributed by atoms with Crippen LogP contribution in [0.1, 0.15) is 190 Å². The summed E-state index contributed by atoms with van der Waals surface area (Å²) in [6.07, 6.45) is 19.1. The molecule has 9 heteroatoms. The molecule has 3 atom stereocenters. The smallest absolute Gasteiger partial charge is 0.160 e. The van der Waals surface area contributed by atoms with Gasteiger partial charge in [0, 0.05) is 89.0 Å². The number of allylic oxidation sites excluding steroid dienone is 6. The quantitative estimate of drug-likeness (QED) is 0.132. The molecule has 3 aromatic carbocycles. The summed E-state index contributed by atoms with van der Waals surface area (Å²) in [7, 11) is 0. The van der Waals surface area contributed by atoms with Gasteiger partial charge in [-0.2, -0.15) is 15.3 Å². The molecule has 6 aliphatic rings. The molecule has 6 aliphatic carbocycles. The van der Waals surface area contributed by atoms with E-state index in [1.807, 2.05) is 36.8 Å². The first-order chi connectivity index (χ1) is 35.9. The van der Waals surface area contributed by atoms with Gasteiger partial charge in [-0.1, -0.05) is 189 Å². The van der Waals surface area contributed by atoms with E-state index in [0.717, 1.165) is 93.8 Å². The molecule has 0 saturated carbocycles. The van der Waals surface area contributed by atoms with Crippen molar-refractivity contribution in [3.8, 4) is 0 Å². The lowest BCUT2D eigenvalue weighted by Crippen LogP contribution is -2.42. The van der Waals surface area contributed by atoms with E-state index in [4.69, 9.17) is 0 Å². The van der Waals surface area contributed by atoms with E-state index >= 15 is 0 Å². The van der Waals surface area contributed by atoms with Crippen LogP contribution in [0.2, 0.25) is 0 Å². The maximum Gasteiger partial charge on any atom is 0.160 e. The summed E-state index contributed by atoms with van der Waals surface area (Å²) in [6, 6.07) is 31.7. The fourth-order valence-electron chi connectivity index (χ4n) is 15.3. The normalized spacial score (nSPS) is 24.8. The Hall–Kier alpha value is -6.48. The first-order valence-electron chi connectivity index (χ1n) is 28.0. The van der Waals surface area contributed by atoms with Crippen molar-refractivity contribution in [2.24, 2.45) is 16.2 Å². The number of aromatic nitrogens is 6. The zero-order chi connectivity index (χ0) is 53.0. The molecule has 6 aromatic rings. The lowest BCUT2D eigenvalue weighted by atomic mass is 9.56. The van der Waals surface area contributed by atoms with E-state index in [2.05, 4.69) is 166 Å². The zero-order valence-corrected chi connectivity index (χ0v) is 46.1. The predicted molar refractivity (Wildman–Crippen MR) is 298 cm³/mol. The minimum absolute atomic E-state index is 0.0437. The molecule has 3 aromatic heterocycles. The van der Waals surface area contributed by atoms with Crippen LogP contribution in [0.25, 0.3) is 0 Å². The first-order valence-corrected chi connectivity index (χ1v) is 28.0.